The number of piperidine rings is 1. The molecule has 1 unspecified atom stereocenters. The average Bonchev–Trinajstić information content (AvgIpc) is 3.02. The molecule has 1 aromatic carbocycles. The molecule has 2 aliphatic heterocycles. The monoisotopic (exact) mass is 647 g/mol. The van der Waals surface area contributed by atoms with Crippen molar-refractivity contribution in [3.8, 4) is 5.75 Å². The van der Waals surface area contributed by atoms with E-state index in [0.717, 1.165) is 12.8 Å². The second kappa shape index (κ2) is 17.4. The van der Waals surface area contributed by atoms with E-state index in [1.165, 1.54) is 16.9 Å². The molecule has 0 saturated carbocycles. The molecular formula is C33H53N5O8. The number of carbonyl (C=O) groups is 4. The van der Waals surface area contributed by atoms with Crippen molar-refractivity contribution >= 4 is 35.2 Å². The van der Waals surface area contributed by atoms with Crippen molar-refractivity contribution in [2.24, 2.45) is 11.8 Å². The minimum absolute atomic E-state index is 0.0117. The molecule has 2 N–H and O–H groups in total. The minimum atomic E-state index is -0.835. The van der Waals surface area contributed by atoms with Gasteiger partial charge >= 0.3 is 17.9 Å². The topological polar surface area (TPSA) is 139 Å². The first-order valence-electron chi connectivity index (χ1n) is 16.2. The van der Waals surface area contributed by atoms with Crippen LogP contribution in [0.15, 0.2) is 18.2 Å². The molecule has 13 nitrogen and oxygen atoms in total. The zero-order chi connectivity index (χ0) is 33.9. The van der Waals surface area contributed by atoms with Gasteiger partial charge in [-0.05, 0) is 58.1 Å². The summed E-state index contributed by atoms with van der Waals surface area (Å²) in [5, 5.41) is 6.11. The van der Waals surface area contributed by atoms with Gasteiger partial charge in [0.25, 0.3) is 0 Å². The molecule has 3 rings (SSSR count). The Morgan fingerprint density at radius 2 is 1.76 bits per heavy atom. The number of hydrogen-bond acceptors (Lipinski definition) is 9. The Balaban J connectivity index is 1.87. The summed E-state index contributed by atoms with van der Waals surface area (Å²) in [6, 6.07) is 4.74. The fraction of sp³-hybridized carbons (Fsp3) is 0.697. The standard InChI is InChI=1S/C33H53N5O8/c1-23(2)20-38(31(41)29(39)35-28-26(11-10-12-27(28)44-7)34-13-8-9-16-43-6)25-19-24(30(40)36-14-17-45-18-15-36)21-37(22-25)32(42)46-33(3,4)5/h10-12,23-25,34H,8-9,13-22H2,1-7H3,(H,35,39)/t24-,25?/m1/s1. The van der Waals surface area contributed by atoms with Crippen LogP contribution in [-0.2, 0) is 28.6 Å². The molecule has 2 fully saturated rings. The number of likely N-dealkylation sites (tertiary alicyclic amines) is 1. The zero-order valence-electron chi connectivity index (χ0n) is 28.6. The molecular weight excluding hydrogens is 594 g/mol. The van der Waals surface area contributed by atoms with E-state index in [1.807, 2.05) is 19.9 Å². The highest BCUT2D eigenvalue weighted by molar-refractivity contribution is 6.40. The summed E-state index contributed by atoms with van der Waals surface area (Å²) in [7, 11) is 3.16. The van der Waals surface area contributed by atoms with Crippen molar-refractivity contribution in [1.29, 1.82) is 0 Å². The van der Waals surface area contributed by atoms with E-state index in [-0.39, 0.29) is 31.5 Å². The molecule has 2 saturated heterocycles. The molecule has 46 heavy (non-hydrogen) atoms. The lowest BCUT2D eigenvalue weighted by Gasteiger charge is -2.44. The van der Waals surface area contributed by atoms with Crippen molar-refractivity contribution in [2.75, 3.05) is 83.9 Å². The zero-order valence-corrected chi connectivity index (χ0v) is 28.6. The van der Waals surface area contributed by atoms with Gasteiger partial charge in [0.1, 0.15) is 17.0 Å². The molecule has 13 heteroatoms. The lowest BCUT2D eigenvalue weighted by atomic mass is 9.91. The van der Waals surface area contributed by atoms with Crippen LogP contribution in [0.4, 0.5) is 16.2 Å². The molecule has 258 valence electrons. The Bertz CT molecular complexity index is 1180. The van der Waals surface area contributed by atoms with Gasteiger partial charge in [-0.1, -0.05) is 19.9 Å². The van der Waals surface area contributed by atoms with E-state index < -0.39 is 35.5 Å². The number of morpholine rings is 1. The van der Waals surface area contributed by atoms with Gasteiger partial charge in [-0.15, -0.1) is 0 Å². The van der Waals surface area contributed by atoms with Crippen LogP contribution < -0.4 is 15.4 Å². The van der Waals surface area contributed by atoms with Crippen LogP contribution in [0, 0.1) is 11.8 Å². The molecule has 0 radical (unpaired) electrons. The molecule has 0 spiro atoms. The number of nitrogens with one attached hydrogen (secondary N) is 2. The van der Waals surface area contributed by atoms with Crippen LogP contribution in [-0.4, -0.2) is 123 Å². The molecule has 0 bridgehead atoms. The van der Waals surface area contributed by atoms with Crippen LogP contribution in [0.25, 0.3) is 0 Å². The molecule has 1 aromatic rings. The Labute approximate surface area is 273 Å². The second-order valence-electron chi connectivity index (χ2n) is 13.2. The van der Waals surface area contributed by atoms with E-state index in [9.17, 15) is 19.2 Å². The number of carbonyl (C=O) groups excluding carboxylic acids is 4. The summed E-state index contributed by atoms with van der Waals surface area (Å²) in [5.41, 5.74) is 0.239. The minimum Gasteiger partial charge on any atom is -0.494 e. The number of ether oxygens (including phenoxy) is 4. The van der Waals surface area contributed by atoms with E-state index in [4.69, 9.17) is 18.9 Å². The highest BCUT2D eigenvalue weighted by atomic mass is 16.6. The molecule has 2 aliphatic rings. The third-order valence-corrected chi connectivity index (χ3v) is 7.79. The lowest BCUT2D eigenvalue weighted by Crippen LogP contribution is -2.59. The number of anilines is 2. The third kappa shape index (κ3) is 10.8. The van der Waals surface area contributed by atoms with E-state index in [1.54, 1.807) is 44.9 Å². The Morgan fingerprint density at radius 1 is 1.04 bits per heavy atom. The highest BCUT2D eigenvalue weighted by Gasteiger charge is 2.42. The van der Waals surface area contributed by atoms with Gasteiger partial charge in [0, 0.05) is 53.0 Å². The van der Waals surface area contributed by atoms with Crippen molar-refractivity contribution in [2.45, 2.75) is 65.5 Å². The summed E-state index contributed by atoms with van der Waals surface area (Å²) in [6.07, 6.45) is 1.46. The average molecular weight is 648 g/mol. The van der Waals surface area contributed by atoms with Crippen molar-refractivity contribution in [1.82, 2.24) is 14.7 Å². The van der Waals surface area contributed by atoms with Crippen molar-refractivity contribution in [3.05, 3.63) is 18.2 Å². The molecule has 4 amide bonds. The number of nitrogens with zero attached hydrogens (tertiary/aromatic N) is 3. The number of hydrogen-bond donors (Lipinski definition) is 2. The number of unbranched alkanes of at least 4 members (excludes halogenated alkanes) is 1. The van der Waals surface area contributed by atoms with Crippen molar-refractivity contribution < 1.29 is 38.1 Å². The predicted octanol–water partition coefficient (Wildman–Crippen LogP) is 3.44. The van der Waals surface area contributed by atoms with Gasteiger partial charge in [0.05, 0.1) is 38.0 Å². The second-order valence-corrected chi connectivity index (χ2v) is 13.2. The first-order valence-corrected chi connectivity index (χ1v) is 16.2. The summed E-state index contributed by atoms with van der Waals surface area (Å²) in [4.78, 5) is 59.4. The molecule has 2 atom stereocenters. The molecule has 2 heterocycles. The quantitative estimate of drug-likeness (QED) is 0.258. The highest BCUT2D eigenvalue weighted by Crippen LogP contribution is 2.33. The first kappa shape index (κ1) is 36.9. The summed E-state index contributed by atoms with van der Waals surface area (Å²) < 4.78 is 21.7. The van der Waals surface area contributed by atoms with Gasteiger partial charge < -0.3 is 44.3 Å². The van der Waals surface area contributed by atoms with Gasteiger partial charge in [-0.2, -0.15) is 0 Å². The van der Waals surface area contributed by atoms with E-state index >= 15 is 0 Å². The van der Waals surface area contributed by atoms with E-state index in [2.05, 4.69) is 10.6 Å². The Hall–Kier alpha value is -3.58. The van der Waals surface area contributed by atoms with Gasteiger partial charge in [0.15, 0.2) is 0 Å². The molecule has 0 aliphatic carbocycles. The van der Waals surface area contributed by atoms with Crippen LogP contribution >= 0.6 is 0 Å². The largest absolute Gasteiger partial charge is 0.494 e. The van der Waals surface area contributed by atoms with Crippen LogP contribution in [0.2, 0.25) is 0 Å². The number of amides is 4. The fourth-order valence-corrected chi connectivity index (χ4v) is 5.66. The fourth-order valence-electron chi connectivity index (χ4n) is 5.66. The van der Waals surface area contributed by atoms with Crippen LogP contribution in [0.3, 0.4) is 0 Å². The maximum absolute atomic E-state index is 14.0. The predicted molar refractivity (Wildman–Crippen MR) is 175 cm³/mol. The molecule has 0 aromatic heterocycles. The van der Waals surface area contributed by atoms with Crippen LogP contribution in [0.5, 0.6) is 5.75 Å². The lowest BCUT2D eigenvalue weighted by molar-refractivity contribution is -0.149. The normalized spacial score (nSPS) is 18.6. The van der Waals surface area contributed by atoms with Crippen LogP contribution in [0.1, 0.15) is 53.9 Å². The van der Waals surface area contributed by atoms with Gasteiger partial charge in [0.2, 0.25) is 5.91 Å². The summed E-state index contributed by atoms with van der Waals surface area (Å²) >= 11 is 0. The van der Waals surface area contributed by atoms with Gasteiger partial charge in [-0.3, -0.25) is 14.4 Å². The van der Waals surface area contributed by atoms with Gasteiger partial charge in [-0.25, -0.2) is 4.79 Å². The van der Waals surface area contributed by atoms with Crippen molar-refractivity contribution in [3.63, 3.8) is 0 Å². The number of para-hydroxylation sites is 1. The number of benzene rings is 1. The third-order valence-electron chi connectivity index (χ3n) is 7.79. The summed E-state index contributed by atoms with van der Waals surface area (Å²) in [6.45, 7) is 12.9. The smallest absolute Gasteiger partial charge is 0.410 e. The Morgan fingerprint density at radius 3 is 2.39 bits per heavy atom. The Kier molecular flexibility index (Phi) is 13.9. The SMILES string of the molecule is COCCCCNc1cccc(OC)c1NC(=O)C(=O)N(CC(C)C)C1C[C@@H](C(=O)N2CCOCC2)CN(C(=O)OC(C)(C)C)C1. The number of methoxy groups -OCH3 is 2. The number of rotatable bonds is 12. The first-order chi connectivity index (χ1) is 21.8. The summed E-state index contributed by atoms with van der Waals surface area (Å²) in [5.74, 6) is -1.84. The maximum Gasteiger partial charge on any atom is 0.410 e. The maximum atomic E-state index is 14.0. The van der Waals surface area contributed by atoms with E-state index in [0.29, 0.717) is 63.0 Å².